The van der Waals surface area contributed by atoms with Crippen LogP contribution >= 0.6 is 12.2 Å². The molecule has 0 saturated heterocycles. The van der Waals surface area contributed by atoms with E-state index in [4.69, 9.17) is 12.2 Å². The third kappa shape index (κ3) is 1.91. The summed E-state index contributed by atoms with van der Waals surface area (Å²) in [6, 6.07) is 9.80. The third-order valence-electron chi connectivity index (χ3n) is 3.22. The Morgan fingerprint density at radius 1 is 1.05 bits per heavy atom. The SMILES string of the molecule is Cc1ccc(F)c(-c2n[nH]c(=S)c3ccccc23)c1F. The maximum absolute atomic E-state index is 14.3. The van der Waals surface area contributed by atoms with Crippen molar-refractivity contribution in [2.24, 2.45) is 0 Å². The molecule has 0 amide bonds. The summed E-state index contributed by atoms with van der Waals surface area (Å²) in [5, 5.41) is 8.02. The van der Waals surface area contributed by atoms with Gasteiger partial charge in [-0.05, 0) is 18.6 Å². The Balaban J connectivity index is 2.46. The lowest BCUT2D eigenvalue weighted by atomic mass is 10.0. The van der Waals surface area contributed by atoms with Gasteiger partial charge < -0.3 is 0 Å². The molecule has 1 aromatic heterocycles. The lowest BCUT2D eigenvalue weighted by Gasteiger charge is -2.09. The average Bonchev–Trinajstić information content (AvgIpc) is 2.46. The predicted octanol–water partition coefficient (Wildman–Crippen LogP) is 4.55. The van der Waals surface area contributed by atoms with Crippen LogP contribution in [0.2, 0.25) is 0 Å². The first-order valence-corrected chi connectivity index (χ1v) is 6.43. The molecule has 0 aliphatic carbocycles. The zero-order valence-electron chi connectivity index (χ0n) is 10.6. The molecule has 0 bridgehead atoms. The number of nitrogens with one attached hydrogen (secondary N) is 1. The Labute approximate surface area is 119 Å². The van der Waals surface area contributed by atoms with Crippen LogP contribution in [0.1, 0.15) is 5.56 Å². The van der Waals surface area contributed by atoms with Gasteiger partial charge in [0.05, 0.1) is 5.56 Å². The Hall–Kier alpha value is -2.14. The maximum Gasteiger partial charge on any atom is 0.138 e. The van der Waals surface area contributed by atoms with Gasteiger partial charge in [0.15, 0.2) is 0 Å². The fourth-order valence-corrected chi connectivity index (χ4v) is 2.40. The van der Waals surface area contributed by atoms with E-state index in [1.54, 1.807) is 25.1 Å². The van der Waals surface area contributed by atoms with E-state index in [1.807, 2.05) is 6.07 Å². The molecule has 1 heterocycles. The smallest absolute Gasteiger partial charge is 0.138 e. The van der Waals surface area contributed by atoms with Gasteiger partial charge in [0.1, 0.15) is 22.0 Å². The Kier molecular flexibility index (Phi) is 3.06. The van der Waals surface area contributed by atoms with Crippen molar-refractivity contribution in [2.45, 2.75) is 6.92 Å². The first-order chi connectivity index (χ1) is 9.59. The Morgan fingerprint density at radius 3 is 2.50 bits per heavy atom. The number of hydrogen-bond donors (Lipinski definition) is 1. The van der Waals surface area contributed by atoms with Crippen LogP contribution in [-0.4, -0.2) is 10.2 Å². The minimum absolute atomic E-state index is 0.132. The molecule has 0 saturated carbocycles. The lowest BCUT2D eigenvalue weighted by Crippen LogP contribution is -1.98. The molecule has 0 aliphatic heterocycles. The van der Waals surface area contributed by atoms with Crippen LogP contribution in [0.25, 0.3) is 22.0 Å². The number of aromatic nitrogens is 2. The highest BCUT2D eigenvalue weighted by molar-refractivity contribution is 7.71. The molecule has 3 aromatic rings. The van der Waals surface area contributed by atoms with Crippen molar-refractivity contribution in [3.05, 3.63) is 58.2 Å². The fourth-order valence-electron chi connectivity index (χ4n) is 2.18. The van der Waals surface area contributed by atoms with E-state index < -0.39 is 11.6 Å². The standard InChI is InChI=1S/C15H10F2N2S/c1-8-6-7-11(16)12(13(8)17)14-9-4-2-3-5-10(9)15(20)19-18-14/h2-7H,1H3,(H,19,20). The first kappa shape index (κ1) is 12.9. The van der Waals surface area contributed by atoms with Crippen molar-refractivity contribution in [1.82, 2.24) is 10.2 Å². The van der Waals surface area contributed by atoms with Crippen molar-refractivity contribution in [2.75, 3.05) is 0 Å². The van der Waals surface area contributed by atoms with Gasteiger partial charge in [-0.25, -0.2) is 8.78 Å². The number of nitrogens with zero attached hydrogens (tertiary/aromatic N) is 1. The first-order valence-electron chi connectivity index (χ1n) is 6.02. The molecule has 0 fully saturated rings. The van der Waals surface area contributed by atoms with Gasteiger partial charge in [-0.2, -0.15) is 5.10 Å². The van der Waals surface area contributed by atoms with E-state index in [2.05, 4.69) is 10.2 Å². The molecule has 0 radical (unpaired) electrons. The number of rotatable bonds is 1. The molecule has 0 spiro atoms. The number of aryl methyl sites for hydroxylation is 1. The second-order valence-corrected chi connectivity index (χ2v) is 4.91. The van der Waals surface area contributed by atoms with Crippen LogP contribution in [0.4, 0.5) is 8.78 Å². The van der Waals surface area contributed by atoms with E-state index in [-0.39, 0.29) is 11.3 Å². The van der Waals surface area contributed by atoms with Gasteiger partial charge in [0, 0.05) is 10.8 Å². The number of hydrogen-bond acceptors (Lipinski definition) is 2. The van der Waals surface area contributed by atoms with Gasteiger partial charge in [-0.1, -0.05) is 42.5 Å². The van der Waals surface area contributed by atoms with Gasteiger partial charge >= 0.3 is 0 Å². The van der Waals surface area contributed by atoms with Crippen molar-refractivity contribution < 1.29 is 8.78 Å². The van der Waals surface area contributed by atoms with Gasteiger partial charge in [0.25, 0.3) is 0 Å². The molecule has 2 nitrogen and oxygen atoms in total. The van der Waals surface area contributed by atoms with Crippen molar-refractivity contribution >= 4 is 23.0 Å². The summed E-state index contributed by atoms with van der Waals surface area (Å²) in [6.45, 7) is 1.59. The van der Waals surface area contributed by atoms with Crippen LogP contribution < -0.4 is 0 Å². The summed E-state index contributed by atoms with van der Waals surface area (Å²) in [6.07, 6.45) is 0. The summed E-state index contributed by atoms with van der Waals surface area (Å²) < 4.78 is 28.7. The van der Waals surface area contributed by atoms with E-state index in [1.165, 1.54) is 12.1 Å². The van der Waals surface area contributed by atoms with Crippen LogP contribution in [0.15, 0.2) is 36.4 Å². The number of fused-ring (bicyclic) bond motifs is 1. The van der Waals surface area contributed by atoms with E-state index in [9.17, 15) is 8.78 Å². The highest BCUT2D eigenvalue weighted by Gasteiger charge is 2.17. The zero-order chi connectivity index (χ0) is 14.3. The Bertz CT molecular complexity index is 871. The molecular weight excluding hydrogens is 278 g/mol. The molecule has 5 heteroatoms. The number of benzene rings is 2. The van der Waals surface area contributed by atoms with Crippen molar-refractivity contribution in [3.63, 3.8) is 0 Å². The van der Waals surface area contributed by atoms with Crippen LogP contribution in [-0.2, 0) is 0 Å². The van der Waals surface area contributed by atoms with Crippen LogP contribution in [0.3, 0.4) is 0 Å². The highest BCUT2D eigenvalue weighted by atomic mass is 32.1. The lowest BCUT2D eigenvalue weighted by molar-refractivity contribution is 0.582. The van der Waals surface area contributed by atoms with Crippen molar-refractivity contribution in [1.29, 1.82) is 0 Å². The molecule has 20 heavy (non-hydrogen) atoms. The quantitative estimate of drug-likeness (QED) is 0.666. The molecular formula is C15H10F2N2S. The van der Waals surface area contributed by atoms with Gasteiger partial charge in [0.2, 0.25) is 0 Å². The molecule has 0 atom stereocenters. The molecule has 0 aliphatic rings. The topological polar surface area (TPSA) is 28.7 Å². The number of H-pyrrole nitrogens is 1. The largest absolute Gasteiger partial charge is 0.267 e. The predicted molar refractivity (Wildman–Crippen MR) is 77.0 cm³/mol. The zero-order valence-corrected chi connectivity index (χ0v) is 11.4. The van der Waals surface area contributed by atoms with Crippen LogP contribution in [0.5, 0.6) is 0 Å². The second kappa shape index (κ2) is 4.76. The molecule has 3 rings (SSSR count). The third-order valence-corrected chi connectivity index (χ3v) is 3.53. The summed E-state index contributed by atoms with van der Waals surface area (Å²) in [7, 11) is 0. The summed E-state index contributed by atoms with van der Waals surface area (Å²) in [4.78, 5) is 0. The van der Waals surface area contributed by atoms with Gasteiger partial charge in [-0.3, -0.25) is 5.10 Å². The van der Waals surface area contributed by atoms with E-state index >= 15 is 0 Å². The maximum atomic E-state index is 14.3. The number of halogens is 2. The minimum Gasteiger partial charge on any atom is -0.267 e. The molecule has 100 valence electrons. The van der Waals surface area contributed by atoms with Gasteiger partial charge in [-0.15, -0.1) is 0 Å². The number of aromatic amines is 1. The highest BCUT2D eigenvalue weighted by Crippen LogP contribution is 2.31. The summed E-state index contributed by atoms with van der Waals surface area (Å²) in [5.41, 5.74) is 0.468. The summed E-state index contributed by atoms with van der Waals surface area (Å²) >= 11 is 5.15. The molecule has 2 aromatic carbocycles. The normalized spacial score (nSPS) is 10.9. The Morgan fingerprint density at radius 2 is 1.75 bits per heavy atom. The van der Waals surface area contributed by atoms with E-state index in [0.717, 1.165) is 0 Å². The fraction of sp³-hybridized carbons (Fsp3) is 0.0667. The van der Waals surface area contributed by atoms with E-state index in [0.29, 0.717) is 21.0 Å². The van der Waals surface area contributed by atoms with Crippen molar-refractivity contribution in [3.8, 4) is 11.3 Å². The second-order valence-electron chi connectivity index (χ2n) is 4.50. The monoisotopic (exact) mass is 288 g/mol. The molecule has 0 unspecified atom stereocenters. The van der Waals surface area contributed by atoms with Crippen LogP contribution in [0, 0.1) is 23.2 Å². The summed E-state index contributed by atoms with van der Waals surface area (Å²) in [5.74, 6) is -1.25. The minimum atomic E-state index is -0.642. The average molecular weight is 288 g/mol. The molecule has 1 N–H and O–H groups in total.